The van der Waals surface area contributed by atoms with E-state index in [0.29, 0.717) is 0 Å². The maximum Gasteiger partial charge on any atom is 0.307 e. The van der Waals surface area contributed by atoms with E-state index < -0.39 is 22.1 Å². The molecule has 132 valence electrons. The van der Waals surface area contributed by atoms with Crippen molar-refractivity contribution in [2.75, 3.05) is 20.6 Å². The van der Waals surface area contributed by atoms with Crippen molar-refractivity contribution in [2.24, 2.45) is 0 Å². The minimum Gasteiger partial charge on any atom is -0.452 e. The summed E-state index contributed by atoms with van der Waals surface area (Å²) in [6.07, 6.45) is 0.393. The van der Waals surface area contributed by atoms with Gasteiger partial charge in [0.15, 0.2) is 6.10 Å². The van der Waals surface area contributed by atoms with Crippen LogP contribution in [0.5, 0.6) is 0 Å². The monoisotopic (exact) mass is 354 g/mol. The SMILES string of the molecule is C[C@H](OC(=O)CCNS(=O)(=O)/C=C/c1ccccc1)C(=O)N(C)C. The zero-order chi connectivity index (χ0) is 18.2. The molecule has 1 atom stereocenters. The summed E-state index contributed by atoms with van der Waals surface area (Å²) in [6.45, 7) is 1.36. The molecule has 0 radical (unpaired) electrons. The molecule has 1 aromatic carbocycles. The van der Waals surface area contributed by atoms with Crippen LogP contribution in [0.25, 0.3) is 6.08 Å². The lowest BCUT2D eigenvalue weighted by atomic mass is 10.2. The Bertz CT molecular complexity index is 684. The number of nitrogens with zero attached hydrogens (tertiary/aromatic N) is 1. The molecule has 0 aliphatic rings. The lowest BCUT2D eigenvalue weighted by molar-refractivity contribution is -0.157. The third kappa shape index (κ3) is 7.38. The molecule has 7 nitrogen and oxygen atoms in total. The topological polar surface area (TPSA) is 92.8 Å². The van der Waals surface area contributed by atoms with Gasteiger partial charge < -0.3 is 9.64 Å². The summed E-state index contributed by atoms with van der Waals surface area (Å²) < 4.78 is 30.8. The second-order valence-electron chi connectivity index (χ2n) is 5.27. The third-order valence-electron chi connectivity index (χ3n) is 2.97. The first-order valence-corrected chi connectivity index (χ1v) is 8.89. The van der Waals surface area contributed by atoms with Gasteiger partial charge in [0, 0.05) is 26.0 Å². The Balaban J connectivity index is 2.41. The molecular formula is C16H22N2O5S. The van der Waals surface area contributed by atoms with Gasteiger partial charge >= 0.3 is 5.97 Å². The summed E-state index contributed by atoms with van der Waals surface area (Å²) in [7, 11) is -0.536. The van der Waals surface area contributed by atoms with Crippen molar-refractivity contribution in [3.05, 3.63) is 41.3 Å². The Hall–Kier alpha value is -2.19. The number of rotatable bonds is 8. The van der Waals surface area contributed by atoms with E-state index in [4.69, 9.17) is 4.74 Å². The maximum absolute atomic E-state index is 11.8. The predicted molar refractivity (Wildman–Crippen MR) is 91.3 cm³/mol. The van der Waals surface area contributed by atoms with E-state index >= 15 is 0 Å². The van der Waals surface area contributed by atoms with Crippen molar-refractivity contribution < 1.29 is 22.7 Å². The van der Waals surface area contributed by atoms with Gasteiger partial charge in [-0.25, -0.2) is 13.1 Å². The summed E-state index contributed by atoms with van der Waals surface area (Å²) >= 11 is 0. The van der Waals surface area contributed by atoms with Crippen LogP contribution in [0.1, 0.15) is 18.9 Å². The molecule has 0 heterocycles. The number of ether oxygens (including phenoxy) is 1. The van der Waals surface area contributed by atoms with Crippen LogP contribution in [-0.4, -0.2) is 51.9 Å². The number of sulfonamides is 1. The van der Waals surface area contributed by atoms with Gasteiger partial charge in [-0.3, -0.25) is 9.59 Å². The second-order valence-corrected chi connectivity index (χ2v) is 6.92. The molecule has 24 heavy (non-hydrogen) atoms. The lowest BCUT2D eigenvalue weighted by Gasteiger charge is -2.17. The average Bonchev–Trinajstić information content (AvgIpc) is 2.53. The van der Waals surface area contributed by atoms with Crippen molar-refractivity contribution in [1.29, 1.82) is 0 Å². The van der Waals surface area contributed by atoms with Crippen LogP contribution in [-0.2, 0) is 24.3 Å². The van der Waals surface area contributed by atoms with Crippen LogP contribution in [0.3, 0.4) is 0 Å². The molecule has 0 aliphatic heterocycles. The number of hydrogen-bond acceptors (Lipinski definition) is 5. The van der Waals surface area contributed by atoms with Gasteiger partial charge in [0.2, 0.25) is 10.0 Å². The van der Waals surface area contributed by atoms with Gasteiger partial charge in [0.05, 0.1) is 6.42 Å². The highest BCUT2D eigenvalue weighted by molar-refractivity contribution is 7.92. The van der Waals surface area contributed by atoms with E-state index in [1.54, 1.807) is 38.4 Å². The Kier molecular flexibility index (Phi) is 7.60. The van der Waals surface area contributed by atoms with Crippen LogP contribution >= 0.6 is 0 Å². The van der Waals surface area contributed by atoms with E-state index in [1.807, 2.05) is 6.07 Å². The highest BCUT2D eigenvalue weighted by atomic mass is 32.2. The number of carbonyl (C=O) groups is 2. The first-order valence-electron chi connectivity index (χ1n) is 7.35. The van der Waals surface area contributed by atoms with Crippen molar-refractivity contribution in [2.45, 2.75) is 19.4 Å². The van der Waals surface area contributed by atoms with Crippen LogP contribution in [0.2, 0.25) is 0 Å². The number of esters is 1. The normalized spacial score (nSPS) is 12.8. The standard InChI is InChI=1S/C16H22N2O5S/c1-13(16(20)18(2)3)23-15(19)9-11-17-24(21,22)12-10-14-7-5-4-6-8-14/h4-8,10,12-13,17H,9,11H2,1-3H3/b12-10+/t13-/m0/s1. The molecule has 0 spiro atoms. The van der Waals surface area contributed by atoms with Crippen LogP contribution < -0.4 is 4.72 Å². The summed E-state index contributed by atoms with van der Waals surface area (Å²) in [4.78, 5) is 24.5. The van der Waals surface area contributed by atoms with E-state index in [1.165, 1.54) is 17.9 Å². The number of likely N-dealkylation sites (N-methyl/N-ethyl adjacent to an activating group) is 1. The molecular weight excluding hydrogens is 332 g/mol. The van der Waals surface area contributed by atoms with Gasteiger partial charge in [-0.15, -0.1) is 0 Å². The lowest BCUT2D eigenvalue weighted by Crippen LogP contribution is -2.35. The number of nitrogens with one attached hydrogen (secondary N) is 1. The smallest absolute Gasteiger partial charge is 0.307 e. The molecule has 1 amide bonds. The minimum atomic E-state index is -3.65. The van der Waals surface area contributed by atoms with E-state index in [9.17, 15) is 18.0 Å². The third-order valence-corrected chi connectivity index (χ3v) is 4.07. The van der Waals surface area contributed by atoms with Crippen LogP contribution in [0, 0.1) is 0 Å². The van der Waals surface area contributed by atoms with Crippen LogP contribution in [0.4, 0.5) is 0 Å². The molecule has 0 unspecified atom stereocenters. The number of hydrogen-bond donors (Lipinski definition) is 1. The summed E-state index contributed by atoms with van der Waals surface area (Å²) in [5.41, 5.74) is 0.748. The quantitative estimate of drug-likeness (QED) is 0.703. The minimum absolute atomic E-state index is 0.108. The molecule has 1 N–H and O–H groups in total. The highest BCUT2D eigenvalue weighted by Crippen LogP contribution is 2.03. The molecule has 0 aromatic heterocycles. The van der Waals surface area contributed by atoms with Crippen molar-refractivity contribution in [1.82, 2.24) is 9.62 Å². The zero-order valence-electron chi connectivity index (χ0n) is 13.9. The van der Waals surface area contributed by atoms with Crippen molar-refractivity contribution in [3.63, 3.8) is 0 Å². The van der Waals surface area contributed by atoms with Gasteiger partial charge in [-0.05, 0) is 18.6 Å². The molecule has 0 bridgehead atoms. The number of amides is 1. The Morgan fingerprint density at radius 3 is 2.46 bits per heavy atom. The van der Waals surface area contributed by atoms with E-state index in [-0.39, 0.29) is 18.9 Å². The Morgan fingerprint density at radius 1 is 1.25 bits per heavy atom. The summed E-state index contributed by atoms with van der Waals surface area (Å²) in [5, 5.41) is 1.03. The van der Waals surface area contributed by atoms with Gasteiger partial charge in [-0.2, -0.15) is 0 Å². The molecule has 1 aromatic rings. The second kappa shape index (κ2) is 9.19. The first kappa shape index (κ1) is 19.9. The van der Waals surface area contributed by atoms with Crippen molar-refractivity contribution in [3.8, 4) is 0 Å². The Labute approximate surface area is 142 Å². The van der Waals surface area contributed by atoms with Gasteiger partial charge in [0.25, 0.3) is 5.91 Å². The van der Waals surface area contributed by atoms with E-state index in [0.717, 1.165) is 11.0 Å². The summed E-state index contributed by atoms with van der Waals surface area (Å²) in [6, 6.07) is 8.97. The first-order chi connectivity index (χ1) is 11.2. The van der Waals surface area contributed by atoms with E-state index in [2.05, 4.69) is 4.72 Å². The summed E-state index contributed by atoms with van der Waals surface area (Å²) in [5.74, 6) is -0.984. The van der Waals surface area contributed by atoms with Crippen molar-refractivity contribution >= 4 is 28.0 Å². The Morgan fingerprint density at radius 2 is 1.88 bits per heavy atom. The molecule has 0 saturated heterocycles. The highest BCUT2D eigenvalue weighted by Gasteiger charge is 2.19. The molecule has 8 heteroatoms. The van der Waals surface area contributed by atoms with Gasteiger partial charge in [-0.1, -0.05) is 30.3 Å². The molecule has 1 rings (SSSR count). The maximum atomic E-state index is 11.8. The fourth-order valence-corrected chi connectivity index (χ4v) is 2.56. The zero-order valence-corrected chi connectivity index (χ0v) is 14.7. The number of benzene rings is 1. The molecule has 0 fully saturated rings. The largest absolute Gasteiger partial charge is 0.452 e. The fraction of sp³-hybridized carbons (Fsp3) is 0.375. The fourth-order valence-electron chi connectivity index (χ4n) is 1.75. The molecule has 0 saturated carbocycles. The van der Waals surface area contributed by atoms with Crippen LogP contribution in [0.15, 0.2) is 35.7 Å². The number of carbonyl (C=O) groups excluding carboxylic acids is 2. The molecule has 0 aliphatic carbocycles. The van der Waals surface area contributed by atoms with Gasteiger partial charge in [0.1, 0.15) is 0 Å². The average molecular weight is 354 g/mol. The predicted octanol–water partition coefficient (Wildman–Crippen LogP) is 0.987.